The first-order valence-corrected chi connectivity index (χ1v) is 8.30. The summed E-state index contributed by atoms with van der Waals surface area (Å²) >= 11 is 0. The summed E-state index contributed by atoms with van der Waals surface area (Å²) < 4.78 is 0. The molecule has 0 radical (unpaired) electrons. The number of unbranched alkanes of at least 4 members (excludes halogenated alkanes) is 9. The van der Waals surface area contributed by atoms with E-state index >= 15 is 0 Å². The SMILES string of the molecule is CCCCC/C=C\C=C/CCCCCCCCC(=O)O. The zero-order valence-electron chi connectivity index (χ0n) is 13.2. The summed E-state index contributed by atoms with van der Waals surface area (Å²) in [6.45, 7) is 2.23. The molecule has 0 unspecified atom stereocenters. The Balaban J connectivity index is 3.17. The summed E-state index contributed by atoms with van der Waals surface area (Å²) in [5.74, 6) is -0.669. The molecule has 0 aromatic rings. The van der Waals surface area contributed by atoms with E-state index in [9.17, 15) is 4.79 Å². The molecule has 0 atom stereocenters. The molecule has 116 valence electrons. The van der Waals surface area contributed by atoms with Crippen molar-refractivity contribution >= 4 is 5.97 Å². The van der Waals surface area contributed by atoms with Crippen molar-refractivity contribution in [3.05, 3.63) is 24.3 Å². The van der Waals surface area contributed by atoms with Crippen molar-refractivity contribution in [1.29, 1.82) is 0 Å². The lowest BCUT2D eigenvalue weighted by molar-refractivity contribution is -0.137. The number of rotatable bonds is 14. The minimum absolute atomic E-state index is 0.327. The summed E-state index contributed by atoms with van der Waals surface area (Å²) in [7, 11) is 0. The Kier molecular flexibility index (Phi) is 15.2. The van der Waals surface area contributed by atoms with Gasteiger partial charge in [0.15, 0.2) is 0 Å². The van der Waals surface area contributed by atoms with Crippen molar-refractivity contribution in [3.63, 3.8) is 0 Å². The van der Waals surface area contributed by atoms with E-state index in [1.807, 2.05) is 0 Å². The van der Waals surface area contributed by atoms with E-state index < -0.39 is 5.97 Å². The van der Waals surface area contributed by atoms with Crippen molar-refractivity contribution in [3.8, 4) is 0 Å². The van der Waals surface area contributed by atoms with Gasteiger partial charge in [-0.3, -0.25) is 4.79 Å². The standard InChI is InChI=1S/C18H32O2/c1-2-3-4-5-6-7-8-9-10-11-12-13-14-15-16-17-18(19)20/h6-9H,2-5,10-17H2,1H3,(H,19,20)/b7-6-,9-8-. The molecule has 2 heteroatoms. The van der Waals surface area contributed by atoms with Crippen molar-refractivity contribution in [2.75, 3.05) is 0 Å². The Bertz CT molecular complexity index is 267. The Morgan fingerprint density at radius 1 is 0.800 bits per heavy atom. The third-order valence-electron chi connectivity index (χ3n) is 3.37. The Labute approximate surface area is 125 Å². The summed E-state index contributed by atoms with van der Waals surface area (Å²) in [4.78, 5) is 10.3. The molecule has 1 N–H and O–H groups in total. The molecular formula is C18H32O2. The fourth-order valence-electron chi connectivity index (χ4n) is 2.11. The molecule has 2 nitrogen and oxygen atoms in total. The number of hydrogen-bond acceptors (Lipinski definition) is 1. The first-order valence-electron chi connectivity index (χ1n) is 8.30. The van der Waals surface area contributed by atoms with Crippen molar-refractivity contribution in [2.45, 2.75) is 84.0 Å². The predicted molar refractivity (Wildman–Crippen MR) is 87.0 cm³/mol. The quantitative estimate of drug-likeness (QED) is 0.318. The topological polar surface area (TPSA) is 37.3 Å². The number of carboxylic acids is 1. The first kappa shape index (κ1) is 18.9. The molecule has 0 aliphatic carbocycles. The van der Waals surface area contributed by atoms with Crippen LogP contribution in [0.1, 0.15) is 84.0 Å². The van der Waals surface area contributed by atoms with Gasteiger partial charge in [0.05, 0.1) is 0 Å². The molecule has 0 spiro atoms. The van der Waals surface area contributed by atoms with E-state index in [2.05, 4.69) is 31.2 Å². The van der Waals surface area contributed by atoms with Crippen LogP contribution in [0.25, 0.3) is 0 Å². The average Bonchev–Trinajstić information content (AvgIpc) is 2.43. The van der Waals surface area contributed by atoms with Crippen LogP contribution < -0.4 is 0 Å². The minimum Gasteiger partial charge on any atom is -0.481 e. The van der Waals surface area contributed by atoms with Gasteiger partial charge in [-0.25, -0.2) is 0 Å². The second kappa shape index (κ2) is 16.0. The summed E-state index contributed by atoms with van der Waals surface area (Å²) in [6.07, 6.45) is 22.3. The van der Waals surface area contributed by atoms with Crippen LogP contribution in [-0.2, 0) is 4.79 Å². The van der Waals surface area contributed by atoms with E-state index in [0.29, 0.717) is 6.42 Å². The van der Waals surface area contributed by atoms with Gasteiger partial charge in [-0.2, -0.15) is 0 Å². The fraction of sp³-hybridized carbons (Fsp3) is 0.722. The lowest BCUT2D eigenvalue weighted by Crippen LogP contribution is -1.93. The molecule has 0 bridgehead atoms. The molecule has 0 aromatic heterocycles. The van der Waals surface area contributed by atoms with E-state index in [0.717, 1.165) is 19.3 Å². The van der Waals surface area contributed by atoms with Crippen LogP contribution in [0.4, 0.5) is 0 Å². The van der Waals surface area contributed by atoms with E-state index in [1.54, 1.807) is 0 Å². The molecular weight excluding hydrogens is 248 g/mol. The molecule has 0 aliphatic heterocycles. The van der Waals surface area contributed by atoms with Gasteiger partial charge in [-0.1, -0.05) is 69.8 Å². The normalized spacial score (nSPS) is 11.7. The van der Waals surface area contributed by atoms with Crippen LogP contribution in [-0.4, -0.2) is 11.1 Å². The van der Waals surface area contributed by atoms with Gasteiger partial charge in [-0.05, 0) is 32.1 Å². The molecule has 0 saturated carbocycles. The Hall–Kier alpha value is -1.05. The predicted octanol–water partition coefficient (Wildman–Crippen LogP) is 5.88. The molecule has 0 rings (SSSR count). The second-order valence-electron chi connectivity index (χ2n) is 5.41. The monoisotopic (exact) mass is 280 g/mol. The van der Waals surface area contributed by atoms with Gasteiger partial charge in [0.1, 0.15) is 0 Å². The van der Waals surface area contributed by atoms with Gasteiger partial charge in [0, 0.05) is 6.42 Å². The van der Waals surface area contributed by atoms with Crippen molar-refractivity contribution in [2.24, 2.45) is 0 Å². The van der Waals surface area contributed by atoms with Crippen LogP contribution >= 0.6 is 0 Å². The van der Waals surface area contributed by atoms with Gasteiger partial charge < -0.3 is 5.11 Å². The summed E-state index contributed by atoms with van der Waals surface area (Å²) in [5, 5.41) is 8.50. The Morgan fingerprint density at radius 2 is 1.30 bits per heavy atom. The van der Waals surface area contributed by atoms with Crippen molar-refractivity contribution in [1.82, 2.24) is 0 Å². The molecule has 20 heavy (non-hydrogen) atoms. The van der Waals surface area contributed by atoms with Crippen LogP contribution in [0.2, 0.25) is 0 Å². The van der Waals surface area contributed by atoms with Gasteiger partial charge in [0.2, 0.25) is 0 Å². The maximum atomic E-state index is 10.3. The maximum Gasteiger partial charge on any atom is 0.303 e. The zero-order chi connectivity index (χ0) is 14.9. The molecule has 0 amide bonds. The maximum absolute atomic E-state index is 10.3. The van der Waals surface area contributed by atoms with Crippen LogP contribution in [0.5, 0.6) is 0 Å². The highest BCUT2D eigenvalue weighted by atomic mass is 16.4. The molecule has 0 heterocycles. The largest absolute Gasteiger partial charge is 0.481 e. The Morgan fingerprint density at radius 3 is 1.85 bits per heavy atom. The lowest BCUT2D eigenvalue weighted by Gasteiger charge is -1.99. The molecule has 0 saturated heterocycles. The number of allylic oxidation sites excluding steroid dienone is 4. The highest BCUT2D eigenvalue weighted by Crippen LogP contribution is 2.09. The molecule has 0 fully saturated rings. The number of aliphatic carboxylic acids is 1. The van der Waals surface area contributed by atoms with Crippen molar-refractivity contribution < 1.29 is 9.90 Å². The van der Waals surface area contributed by atoms with E-state index in [4.69, 9.17) is 5.11 Å². The van der Waals surface area contributed by atoms with Crippen LogP contribution in [0.15, 0.2) is 24.3 Å². The van der Waals surface area contributed by atoms with Crippen LogP contribution in [0.3, 0.4) is 0 Å². The molecule has 0 aliphatic rings. The van der Waals surface area contributed by atoms with E-state index in [-0.39, 0.29) is 0 Å². The van der Waals surface area contributed by atoms with E-state index in [1.165, 1.54) is 51.4 Å². The van der Waals surface area contributed by atoms with Gasteiger partial charge in [0.25, 0.3) is 0 Å². The first-order chi connectivity index (χ1) is 9.77. The third kappa shape index (κ3) is 16.9. The summed E-state index contributed by atoms with van der Waals surface area (Å²) in [6, 6.07) is 0. The number of carbonyl (C=O) groups is 1. The van der Waals surface area contributed by atoms with Crippen LogP contribution in [0, 0.1) is 0 Å². The molecule has 0 aromatic carbocycles. The smallest absolute Gasteiger partial charge is 0.303 e. The van der Waals surface area contributed by atoms with Gasteiger partial charge in [-0.15, -0.1) is 0 Å². The zero-order valence-corrected chi connectivity index (χ0v) is 13.2. The number of carboxylic acid groups (broad SMARTS) is 1. The second-order valence-corrected chi connectivity index (χ2v) is 5.41. The van der Waals surface area contributed by atoms with Gasteiger partial charge >= 0.3 is 5.97 Å². The number of hydrogen-bond donors (Lipinski definition) is 1. The highest BCUT2D eigenvalue weighted by Gasteiger charge is 1.95. The lowest BCUT2D eigenvalue weighted by atomic mass is 10.1. The fourth-order valence-corrected chi connectivity index (χ4v) is 2.11. The third-order valence-corrected chi connectivity index (χ3v) is 3.37. The average molecular weight is 280 g/mol. The highest BCUT2D eigenvalue weighted by molar-refractivity contribution is 5.66. The summed E-state index contributed by atoms with van der Waals surface area (Å²) in [5.41, 5.74) is 0. The minimum atomic E-state index is -0.669.